The molecule has 1 N–H and O–H groups in total. The summed E-state index contributed by atoms with van der Waals surface area (Å²) < 4.78 is 6.87. The normalized spacial score (nSPS) is 19.1. The minimum absolute atomic E-state index is 0.0934. The van der Waals surface area contributed by atoms with Gasteiger partial charge in [-0.05, 0) is 12.1 Å². The molecule has 5 nitrogen and oxygen atoms in total. The third kappa shape index (κ3) is 1.57. The van der Waals surface area contributed by atoms with E-state index in [1.54, 1.807) is 23.0 Å². The monoisotopic (exact) mass is 203 g/mol. The van der Waals surface area contributed by atoms with E-state index in [0.29, 0.717) is 0 Å². The van der Waals surface area contributed by atoms with Gasteiger partial charge in [0.1, 0.15) is 5.75 Å². The molecule has 0 saturated carbocycles. The minimum Gasteiger partial charge on any atom is -0.506 e. The molecule has 3 rings (SSSR count). The maximum atomic E-state index is 9.10. The first-order valence-electron chi connectivity index (χ1n) is 4.64. The van der Waals surface area contributed by atoms with Crippen molar-refractivity contribution in [1.82, 2.24) is 14.8 Å². The summed E-state index contributed by atoms with van der Waals surface area (Å²) in [5.74, 6) is 0.164. The highest BCUT2D eigenvalue weighted by Crippen LogP contribution is 2.25. The Kier molecular flexibility index (Phi) is 1.72. The van der Waals surface area contributed by atoms with Crippen LogP contribution in [0.2, 0.25) is 0 Å². The number of aromatic hydroxyl groups is 1. The highest BCUT2D eigenvalue weighted by atomic mass is 16.6. The molecule has 1 fully saturated rings. The number of epoxide rings is 1. The summed E-state index contributed by atoms with van der Waals surface area (Å²) in [6.07, 6.45) is 5.13. The number of pyridine rings is 1. The Labute approximate surface area is 85.9 Å². The van der Waals surface area contributed by atoms with E-state index in [4.69, 9.17) is 9.84 Å². The number of ether oxygens (including phenoxy) is 1. The Morgan fingerprint density at radius 1 is 1.40 bits per heavy atom. The molecule has 15 heavy (non-hydrogen) atoms. The van der Waals surface area contributed by atoms with Gasteiger partial charge in [-0.15, -0.1) is 0 Å². The van der Waals surface area contributed by atoms with E-state index in [9.17, 15) is 0 Å². The van der Waals surface area contributed by atoms with Crippen LogP contribution in [-0.2, 0) is 4.74 Å². The zero-order chi connectivity index (χ0) is 10.3. The molecule has 0 aromatic carbocycles. The average molecular weight is 203 g/mol. The fourth-order valence-electron chi connectivity index (χ4n) is 1.38. The molecule has 76 valence electrons. The van der Waals surface area contributed by atoms with Crippen molar-refractivity contribution in [3.63, 3.8) is 0 Å². The fraction of sp³-hybridized carbons (Fsp3) is 0.200. The van der Waals surface area contributed by atoms with Crippen LogP contribution in [0.25, 0.3) is 11.3 Å². The van der Waals surface area contributed by atoms with Gasteiger partial charge < -0.3 is 9.84 Å². The molecule has 0 amide bonds. The predicted octanol–water partition coefficient (Wildman–Crippen LogP) is 1.18. The van der Waals surface area contributed by atoms with Gasteiger partial charge in [0.25, 0.3) is 0 Å². The largest absolute Gasteiger partial charge is 0.506 e. The van der Waals surface area contributed by atoms with Crippen molar-refractivity contribution in [2.45, 2.75) is 6.23 Å². The van der Waals surface area contributed by atoms with Crippen LogP contribution in [-0.4, -0.2) is 26.5 Å². The van der Waals surface area contributed by atoms with Crippen molar-refractivity contribution >= 4 is 0 Å². The van der Waals surface area contributed by atoms with Gasteiger partial charge in [-0.2, -0.15) is 5.10 Å². The van der Waals surface area contributed by atoms with E-state index in [1.807, 2.05) is 6.20 Å². The first kappa shape index (κ1) is 8.43. The molecule has 0 spiro atoms. The van der Waals surface area contributed by atoms with E-state index in [2.05, 4.69) is 10.1 Å². The van der Waals surface area contributed by atoms with Gasteiger partial charge in [0.2, 0.25) is 0 Å². The molecule has 1 saturated heterocycles. The SMILES string of the molecule is Oc1ccc(-c2cnn(C3CO3)c2)nc1. The van der Waals surface area contributed by atoms with Crippen molar-refractivity contribution in [2.75, 3.05) is 6.61 Å². The molecule has 2 aromatic rings. The molecule has 0 bridgehead atoms. The Bertz CT molecular complexity index is 474. The average Bonchev–Trinajstić information content (AvgIpc) is 2.99. The van der Waals surface area contributed by atoms with Crippen molar-refractivity contribution in [1.29, 1.82) is 0 Å². The second-order valence-corrected chi connectivity index (χ2v) is 3.40. The molecule has 0 radical (unpaired) electrons. The van der Waals surface area contributed by atoms with Gasteiger partial charge in [0.05, 0.1) is 24.7 Å². The lowest BCUT2D eigenvalue weighted by Gasteiger charge is -1.95. The highest BCUT2D eigenvalue weighted by Gasteiger charge is 2.25. The Morgan fingerprint density at radius 3 is 2.93 bits per heavy atom. The second-order valence-electron chi connectivity index (χ2n) is 3.40. The third-order valence-corrected chi connectivity index (χ3v) is 2.26. The number of hydrogen-bond donors (Lipinski definition) is 1. The fourth-order valence-corrected chi connectivity index (χ4v) is 1.38. The maximum Gasteiger partial charge on any atom is 0.173 e. The molecular weight excluding hydrogens is 194 g/mol. The number of aromatic nitrogens is 3. The topological polar surface area (TPSA) is 63.5 Å². The molecule has 5 heteroatoms. The lowest BCUT2D eigenvalue weighted by Crippen LogP contribution is -1.93. The predicted molar refractivity (Wildman–Crippen MR) is 52.1 cm³/mol. The van der Waals surface area contributed by atoms with Crippen molar-refractivity contribution in [2.24, 2.45) is 0 Å². The Hall–Kier alpha value is -1.88. The summed E-state index contributed by atoms with van der Waals surface area (Å²) in [6, 6.07) is 3.36. The van der Waals surface area contributed by atoms with Crippen LogP contribution in [0.1, 0.15) is 6.23 Å². The van der Waals surface area contributed by atoms with E-state index in [1.165, 1.54) is 6.20 Å². The minimum atomic E-state index is 0.0934. The first-order chi connectivity index (χ1) is 7.33. The quantitative estimate of drug-likeness (QED) is 0.744. The molecule has 0 aliphatic carbocycles. The van der Waals surface area contributed by atoms with Crippen LogP contribution in [0.15, 0.2) is 30.7 Å². The van der Waals surface area contributed by atoms with Crippen LogP contribution in [0.5, 0.6) is 5.75 Å². The van der Waals surface area contributed by atoms with E-state index < -0.39 is 0 Å². The summed E-state index contributed by atoms with van der Waals surface area (Å²) in [6.45, 7) is 0.726. The molecule has 1 aliphatic heterocycles. The molecule has 2 aromatic heterocycles. The molecule has 3 heterocycles. The molecule has 1 aliphatic rings. The summed E-state index contributed by atoms with van der Waals surface area (Å²) in [7, 11) is 0. The van der Waals surface area contributed by atoms with Crippen molar-refractivity contribution in [3.8, 4) is 17.0 Å². The van der Waals surface area contributed by atoms with Crippen LogP contribution >= 0.6 is 0 Å². The van der Waals surface area contributed by atoms with Gasteiger partial charge in [0.15, 0.2) is 6.23 Å². The zero-order valence-electron chi connectivity index (χ0n) is 7.87. The van der Waals surface area contributed by atoms with Gasteiger partial charge in [-0.25, -0.2) is 4.68 Å². The standard InChI is InChI=1S/C10H9N3O2/c14-8-1-2-9(11-4-8)7-3-12-13(5-7)10-6-15-10/h1-5,10,14H,6H2. The third-order valence-electron chi connectivity index (χ3n) is 2.26. The van der Waals surface area contributed by atoms with Gasteiger partial charge in [-0.3, -0.25) is 4.98 Å². The number of hydrogen-bond acceptors (Lipinski definition) is 4. The van der Waals surface area contributed by atoms with Gasteiger partial charge in [0, 0.05) is 11.8 Å². The Balaban J connectivity index is 1.93. The Morgan fingerprint density at radius 2 is 2.27 bits per heavy atom. The van der Waals surface area contributed by atoms with Gasteiger partial charge >= 0.3 is 0 Å². The number of rotatable bonds is 2. The summed E-state index contributed by atoms with van der Waals surface area (Å²) in [5.41, 5.74) is 1.71. The van der Waals surface area contributed by atoms with Crippen molar-refractivity contribution < 1.29 is 9.84 Å². The summed E-state index contributed by atoms with van der Waals surface area (Å²) >= 11 is 0. The lowest BCUT2D eigenvalue weighted by molar-refractivity contribution is 0.336. The van der Waals surface area contributed by atoms with Crippen molar-refractivity contribution in [3.05, 3.63) is 30.7 Å². The first-order valence-corrected chi connectivity index (χ1v) is 4.64. The zero-order valence-corrected chi connectivity index (χ0v) is 7.87. The number of nitrogens with zero attached hydrogens (tertiary/aromatic N) is 3. The maximum absolute atomic E-state index is 9.10. The van der Waals surface area contributed by atoms with Crippen LogP contribution in [0.4, 0.5) is 0 Å². The van der Waals surface area contributed by atoms with Crippen LogP contribution in [0, 0.1) is 0 Å². The summed E-state index contributed by atoms with van der Waals surface area (Å²) in [4.78, 5) is 4.10. The molecule has 1 atom stereocenters. The second kappa shape index (κ2) is 3.06. The van der Waals surface area contributed by atoms with E-state index in [0.717, 1.165) is 17.9 Å². The van der Waals surface area contributed by atoms with Crippen LogP contribution in [0.3, 0.4) is 0 Å². The molecular formula is C10H9N3O2. The molecule has 1 unspecified atom stereocenters. The van der Waals surface area contributed by atoms with Gasteiger partial charge in [-0.1, -0.05) is 0 Å². The van der Waals surface area contributed by atoms with E-state index in [-0.39, 0.29) is 12.0 Å². The van der Waals surface area contributed by atoms with E-state index >= 15 is 0 Å². The van der Waals surface area contributed by atoms with Crippen LogP contribution < -0.4 is 0 Å². The summed E-state index contributed by atoms with van der Waals surface area (Å²) in [5, 5.41) is 13.3. The smallest absolute Gasteiger partial charge is 0.173 e. The highest BCUT2D eigenvalue weighted by molar-refractivity contribution is 5.57. The lowest BCUT2D eigenvalue weighted by atomic mass is 10.2.